The molecule has 0 spiro atoms. The number of esters is 1. The van der Waals surface area contributed by atoms with E-state index >= 15 is 0 Å². The number of hydrogen-bond donors (Lipinski definition) is 0. The van der Waals surface area contributed by atoms with Gasteiger partial charge >= 0.3 is 5.97 Å². The molecule has 0 saturated heterocycles. The monoisotopic (exact) mass is 230 g/mol. The van der Waals surface area contributed by atoms with Crippen molar-refractivity contribution < 1.29 is 9.53 Å². The first kappa shape index (κ1) is 11.4. The van der Waals surface area contributed by atoms with Gasteiger partial charge in [0.2, 0.25) is 0 Å². The fraction of sp³-hybridized carbons (Fsp3) is 0.300. The maximum atomic E-state index is 11.4. The summed E-state index contributed by atoms with van der Waals surface area (Å²) < 4.78 is 5.01. The third-order valence-electron chi connectivity index (χ3n) is 1.58. The van der Waals surface area contributed by atoms with Gasteiger partial charge in [0.25, 0.3) is 0 Å². The van der Waals surface area contributed by atoms with Gasteiger partial charge in [-0.3, -0.25) is 0 Å². The summed E-state index contributed by atoms with van der Waals surface area (Å²) in [6.45, 7) is 0.437. The topological polar surface area (TPSA) is 26.3 Å². The number of carbonyl (C=O) groups is 1. The van der Waals surface area contributed by atoms with Crippen molar-refractivity contribution in [2.45, 2.75) is 0 Å². The molecule has 0 unspecified atom stereocenters. The number of thioether (sulfide) groups is 1. The summed E-state index contributed by atoms with van der Waals surface area (Å²) >= 11 is 7.38. The lowest BCUT2D eigenvalue weighted by Crippen LogP contribution is -2.07. The standard InChI is InChI=1S/C10H11ClO2S/c1-14-6-5-13-10(12)8-3-2-4-9(11)7-8/h2-4,7H,5-6H2,1H3. The summed E-state index contributed by atoms with van der Waals surface area (Å²) in [7, 11) is 0. The van der Waals surface area contributed by atoms with Gasteiger partial charge in [0.15, 0.2) is 0 Å². The molecule has 0 aliphatic carbocycles. The van der Waals surface area contributed by atoms with E-state index in [1.54, 1.807) is 36.0 Å². The lowest BCUT2D eigenvalue weighted by atomic mass is 10.2. The van der Waals surface area contributed by atoms with Gasteiger partial charge in [0.1, 0.15) is 6.61 Å². The molecule has 0 bridgehead atoms. The smallest absolute Gasteiger partial charge is 0.338 e. The molecule has 14 heavy (non-hydrogen) atoms. The van der Waals surface area contributed by atoms with E-state index < -0.39 is 0 Å². The minimum atomic E-state index is -0.318. The summed E-state index contributed by atoms with van der Waals surface area (Å²) in [6.07, 6.45) is 1.97. The van der Waals surface area contributed by atoms with Gasteiger partial charge in [-0.2, -0.15) is 11.8 Å². The van der Waals surface area contributed by atoms with Crippen molar-refractivity contribution in [3.63, 3.8) is 0 Å². The van der Waals surface area contributed by atoms with E-state index in [-0.39, 0.29) is 5.97 Å². The fourth-order valence-corrected chi connectivity index (χ4v) is 1.36. The highest BCUT2D eigenvalue weighted by Gasteiger charge is 2.06. The first-order valence-corrected chi connectivity index (χ1v) is 5.93. The number of ether oxygens (including phenoxy) is 1. The largest absolute Gasteiger partial charge is 0.461 e. The molecule has 2 nitrogen and oxygen atoms in total. The molecule has 0 heterocycles. The normalized spacial score (nSPS) is 9.86. The van der Waals surface area contributed by atoms with Crippen molar-refractivity contribution in [3.8, 4) is 0 Å². The quantitative estimate of drug-likeness (QED) is 0.588. The highest BCUT2D eigenvalue weighted by molar-refractivity contribution is 7.98. The molecule has 0 aromatic heterocycles. The van der Waals surface area contributed by atoms with Crippen molar-refractivity contribution in [2.24, 2.45) is 0 Å². The molecule has 0 saturated carbocycles. The van der Waals surface area contributed by atoms with Crippen LogP contribution >= 0.6 is 23.4 Å². The Kier molecular flexibility index (Phi) is 4.84. The molecule has 0 amide bonds. The molecule has 1 aromatic rings. The van der Waals surface area contributed by atoms with Crippen molar-refractivity contribution in [1.82, 2.24) is 0 Å². The molecule has 1 aromatic carbocycles. The fourth-order valence-electron chi connectivity index (χ4n) is 0.916. The maximum Gasteiger partial charge on any atom is 0.338 e. The molecule has 0 N–H and O–H groups in total. The zero-order valence-corrected chi connectivity index (χ0v) is 9.40. The summed E-state index contributed by atoms with van der Waals surface area (Å²) in [5, 5.41) is 0.546. The molecule has 0 fully saturated rings. The van der Waals surface area contributed by atoms with Gasteiger partial charge in [0.05, 0.1) is 5.56 Å². The van der Waals surface area contributed by atoms with Crippen LogP contribution in [0.25, 0.3) is 0 Å². The Morgan fingerprint density at radius 3 is 3.00 bits per heavy atom. The molecule has 0 aliphatic rings. The van der Waals surface area contributed by atoms with Crippen molar-refractivity contribution >= 4 is 29.3 Å². The second kappa shape index (κ2) is 5.94. The number of carbonyl (C=O) groups excluding carboxylic acids is 1. The van der Waals surface area contributed by atoms with Gasteiger partial charge in [-0.05, 0) is 24.5 Å². The zero-order valence-electron chi connectivity index (χ0n) is 7.83. The molecule has 0 aliphatic heterocycles. The molecule has 0 atom stereocenters. The summed E-state index contributed by atoms with van der Waals surface area (Å²) in [5.74, 6) is 0.494. The average molecular weight is 231 g/mol. The first-order chi connectivity index (χ1) is 6.74. The van der Waals surface area contributed by atoms with Crippen LogP contribution in [-0.4, -0.2) is 24.6 Å². The van der Waals surface area contributed by atoms with E-state index in [0.717, 1.165) is 5.75 Å². The number of halogens is 1. The minimum Gasteiger partial charge on any atom is -0.461 e. The Hall–Kier alpha value is -0.670. The van der Waals surface area contributed by atoms with E-state index in [2.05, 4.69) is 0 Å². The Morgan fingerprint density at radius 1 is 1.57 bits per heavy atom. The molecular weight excluding hydrogens is 220 g/mol. The predicted octanol–water partition coefficient (Wildman–Crippen LogP) is 2.86. The van der Waals surface area contributed by atoms with Crippen molar-refractivity contribution in [1.29, 1.82) is 0 Å². The summed E-state index contributed by atoms with van der Waals surface area (Å²) in [5.41, 5.74) is 0.499. The van der Waals surface area contributed by atoms with Gasteiger partial charge in [-0.1, -0.05) is 17.7 Å². The highest BCUT2D eigenvalue weighted by Crippen LogP contribution is 2.11. The third kappa shape index (κ3) is 3.60. The zero-order chi connectivity index (χ0) is 10.4. The van der Waals surface area contributed by atoms with E-state index in [0.29, 0.717) is 17.2 Å². The second-order valence-corrected chi connectivity index (χ2v) is 4.06. The molecular formula is C10H11ClO2S. The number of benzene rings is 1. The lowest BCUT2D eigenvalue weighted by molar-refractivity contribution is 0.0530. The van der Waals surface area contributed by atoms with Crippen LogP contribution in [0.5, 0.6) is 0 Å². The molecule has 0 radical (unpaired) electrons. The molecule has 76 valence electrons. The SMILES string of the molecule is CSCCOC(=O)c1cccc(Cl)c1. The Labute approximate surface area is 92.6 Å². The Morgan fingerprint density at radius 2 is 2.36 bits per heavy atom. The van der Waals surface area contributed by atoms with Gasteiger partial charge in [-0.15, -0.1) is 0 Å². The van der Waals surface area contributed by atoms with Crippen LogP contribution in [0.15, 0.2) is 24.3 Å². The van der Waals surface area contributed by atoms with Crippen LogP contribution in [-0.2, 0) is 4.74 Å². The minimum absolute atomic E-state index is 0.318. The van der Waals surface area contributed by atoms with Gasteiger partial charge in [-0.25, -0.2) is 4.79 Å². The van der Waals surface area contributed by atoms with Crippen LogP contribution in [0.4, 0.5) is 0 Å². The van der Waals surface area contributed by atoms with E-state index in [1.165, 1.54) is 0 Å². The third-order valence-corrected chi connectivity index (χ3v) is 2.39. The molecule has 4 heteroatoms. The second-order valence-electron chi connectivity index (χ2n) is 2.64. The van der Waals surface area contributed by atoms with Crippen LogP contribution in [0, 0.1) is 0 Å². The lowest BCUT2D eigenvalue weighted by Gasteiger charge is -2.03. The highest BCUT2D eigenvalue weighted by atomic mass is 35.5. The van der Waals surface area contributed by atoms with Gasteiger partial charge < -0.3 is 4.74 Å². The predicted molar refractivity (Wildman–Crippen MR) is 60.1 cm³/mol. The van der Waals surface area contributed by atoms with Crippen LogP contribution < -0.4 is 0 Å². The maximum absolute atomic E-state index is 11.4. The van der Waals surface area contributed by atoms with Crippen LogP contribution in [0.1, 0.15) is 10.4 Å². The van der Waals surface area contributed by atoms with Gasteiger partial charge in [0, 0.05) is 10.8 Å². The first-order valence-electron chi connectivity index (χ1n) is 4.15. The van der Waals surface area contributed by atoms with Crippen molar-refractivity contribution in [3.05, 3.63) is 34.9 Å². The average Bonchev–Trinajstić information content (AvgIpc) is 2.18. The van der Waals surface area contributed by atoms with Crippen LogP contribution in [0.3, 0.4) is 0 Å². The van der Waals surface area contributed by atoms with Crippen LogP contribution in [0.2, 0.25) is 5.02 Å². The molecule has 1 rings (SSSR count). The van der Waals surface area contributed by atoms with E-state index in [9.17, 15) is 4.79 Å². The Balaban J connectivity index is 2.52. The summed E-state index contributed by atoms with van der Waals surface area (Å²) in [6, 6.07) is 6.74. The summed E-state index contributed by atoms with van der Waals surface area (Å²) in [4.78, 5) is 11.4. The number of hydrogen-bond acceptors (Lipinski definition) is 3. The van der Waals surface area contributed by atoms with Crippen molar-refractivity contribution in [2.75, 3.05) is 18.6 Å². The number of rotatable bonds is 4. The Bertz CT molecular complexity index is 315. The van der Waals surface area contributed by atoms with E-state index in [1.807, 2.05) is 6.26 Å². The van der Waals surface area contributed by atoms with E-state index in [4.69, 9.17) is 16.3 Å².